The summed E-state index contributed by atoms with van der Waals surface area (Å²) in [6.07, 6.45) is 1.84. The molecule has 6 nitrogen and oxygen atoms in total. The molecule has 0 aliphatic carbocycles. The average Bonchev–Trinajstić information content (AvgIpc) is 3.12. The van der Waals surface area contributed by atoms with Crippen LogP contribution in [0.4, 0.5) is 10.5 Å². The Morgan fingerprint density at radius 1 is 1.07 bits per heavy atom. The van der Waals surface area contributed by atoms with E-state index in [2.05, 4.69) is 29.6 Å². The van der Waals surface area contributed by atoms with Crippen molar-refractivity contribution in [3.8, 4) is 11.1 Å². The molecule has 2 heterocycles. The highest BCUT2D eigenvalue weighted by Crippen LogP contribution is 2.37. The number of benzene rings is 2. The van der Waals surface area contributed by atoms with E-state index >= 15 is 0 Å². The van der Waals surface area contributed by atoms with Gasteiger partial charge in [-0.2, -0.15) is 0 Å². The zero-order valence-corrected chi connectivity index (χ0v) is 16.4. The number of likely N-dealkylation sites (tertiary alicyclic amines) is 1. The number of hydrogen-bond acceptors (Lipinski definition) is 4. The zero-order chi connectivity index (χ0) is 20.1. The molecule has 148 valence electrons. The number of piperidine rings is 1. The molecule has 2 aliphatic rings. The summed E-state index contributed by atoms with van der Waals surface area (Å²) >= 11 is 0. The van der Waals surface area contributed by atoms with E-state index in [4.69, 9.17) is 10.1 Å². The number of para-hydroxylation sites is 1. The molecular weight excluding hydrogens is 354 g/mol. The lowest BCUT2D eigenvalue weighted by molar-refractivity contribution is 0.00483. The predicted molar refractivity (Wildman–Crippen MR) is 111 cm³/mol. The first-order valence-electron chi connectivity index (χ1n) is 9.50. The highest BCUT2D eigenvalue weighted by atomic mass is 16.3. The molecule has 3 N–H and O–H groups in total. The summed E-state index contributed by atoms with van der Waals surface area (Å²) in [4.78, 5) is 19.0. The lowest BCUT2D eigenvalue weighted by atomic mass is 9.94. The Balaban J connectivity index is 0.00000109. The van der Waals surface area contributed by atoms with E-state index in [1.807, 2.05) is 31.2 Å². The number of rotatable bonds is 1. The summed E-state index contributed by atoms with van der Waals surface area (Å²) in [5.74, 6) is 0.686. The highest BCUT2D eigenvalue weighted by molar-refractivity contribution is 6.04. The largest absolute Gasteiger partial charge is 0.400 e. The maximum atomic E-state index is 12.5. The van der Waals surface area contributed by atoms with Crippen LogP contribution in [0.1, 0.15) is 25.3 Å². The SMILES string of the molecule is CC1(O)CCN(C(=O)NC2=Nc3c(cccc3-c3ccccc3)C2)CC1.CO. The van der Waals surface area contributed by atoms with Crippen molar-refractivity contribution in [3.63, 3.8) is 0 Å². The van der Waals surface area contributed by atoms with Gasteiger partial charge in [0.25, 0.3) is 0 Å². The molecule has 2 amide bonds. The lowest BCUT2D eigenvalue weighted by Gasteiger charge is -2.35. The van der Waals surface area contributed by atoms with Crippen molar-refractivity contribution in [2.75, 3.05) is 20.2 Å². The van der Waals surface area contributed by atoms with Gasteiger partial charge >= 0.3 is 6.03 Å². The van der Waals surface area contributed by atoms with E-state index in [0.717, 1.165) is 29.5 Å². The Morgan fingerprint density at radius 3 is 2.43 bits per heavy atom. The highest BCUT2D eigenvalue weighted by Gasteiger charge is 2.30. The topological polar surface area (TPSA) is 85.2 Å². The molecule has 1 saturated heterocycles. The van der Waals surface area contributed by atoms with Crippen LogP contribution >= 0.6 is 0 Å². The van der Waals surface area contributed by atoms with Gasteiger partial charge in [-0.25, -0.2) is 9.79 Å². The second kappa shape index (κ2) is 8.54. The predicted octanol–water partition coefficient (Wildman–Crippen LogP) is 3.10. The van der Waals surface area contributed by atoms with Crippen molar-refractivity contribution >= 4 is 17.6 Å². The second-order valence-electron chi connectivity index (χ2n) is 7.33. The van der Waals surface area contributed by atoms with Crippen molar-refractivity contribution in [2.24, 2.45) is 4.99 Å². The number of nitrogens with zero attached hydrogens (tertiary/aromatic N) is 2. The Hall–Kier alpha value is -2.70. The van der Waals surface area contributed by atoms with Gasteiger partial charge < -0.3 is 15.1 Å². The van der Waals surface area contributed by atoms with Crippen molar-refractivity contribution in [1.82, 2.24) is 10.2 Å². The van der Waals surface area contributed by atoms with Crippen LogP contribution in [-0.2, 0) is 6.42 Å². The van der Waals surface area contributed by atoms with E-state index in [1.54, 1.807) is 4.90 Å². The zero-order valence-electron chi connectivity index (χ0n) is 16.4. The molecule has 0 bridgehead atoms. The van der Waals surface area contributed by atoms with Gasteiger partial charge in [-0.1, -0.05) is 48.5 Å². The number of aliphatic hydroxyl groups is 2. The van der Waals surface area contributed by atoms with E-state index < -0.39 is 5.60 Å². The smallest absolute Gasteiger partial charge is 0.322 e. The molecule has 0 atom stereocenters. The fraction of sp³-hybridized carbons (Fsp3) is 0.364. The van der Waals surface area contributed by atoms with Crippen molar-refractivity contribution in [2.45, 2.75) is 31.8 Å². The van der Waals surface area contributed by atoms with Crippen LogP contribution in [0, 0.1) is 0 Å². The fourth-order valence-electron chi connectivity index (χ4n) is 3.54. The average molecular weight is 381 g/mol. The summed E-state index contributed by atoms with van der Waals surface area (Å²) in [6, 6.07) is 16.2. The monoisotopic (exact) mass is 381 g/mol. The molecule has 0 unspecified atom stereocenters. The van der Waals surface area contributed by atoms with Crippen molar-refractivity contribution in [3.05, 3.63) is 54.1 Å². The number of aliphatic imine (C=N–C) groups is 1. The number of aliphatic hydroxyl groups excluding tert-OH is 1. The number of amidine groups is 1. The van der Waals surface area contributed by atoms with E-state index in [0.29, 0.717) is 38.2 Å². The summed E-state index contributed by atoms with van der Waals surface area (Å²) in [6.45, 7) is 2.95. The number of carbonyl (C=O) groups excluding carboxylic acids is 1. The number of hydrogen-bond donors (Lipinski definition) is 3. The minimum atomic E-state index is -0.664. The molecule has 28 heavy (non-hydrogen) atoms. The molecule has 2 aromatic rings. The van der Waals surface area contributed by atoms with Crippen LogP contribution in [0.5, 0.6) is 0 Å². The number of urea groups is 1. The van der Waals surface area contributed by atoms with Crippen LogP contribution in [0.15, 0.2) is 53.5 Å². The summed E-state index contributed by atoms with van der Waals surface area (Å²) in [5.41, 5.74) is 3.61. The van der Waals surface area contributed by atoms with Gasteiger partial charge in [0.2, 0.25) is 0 Å². The first-order chi connectivity index (χ1) is 13.5. The van der Waals surface area contributed by atoms with Gasteiger partial charge in [0.15, 0.2) is 0 Å². The molecule has 4 rings (SSSR count). The third-order valence-corrected chi connectivity index (χ3v) is 5.19. The van der Waals surface area contributed by atoms with E-state index in [1.165, 1.54) is 0 Å². The fourth-order valence-corrected chi connectivity index (χ4v) is 3.54. The summed E-state index contributed by atoms with van der Waals surface area (Å²) < 4.78 is 0. The summed E-state index contributed by atoms with van der Waals surface area (Å²) in [7, 11) is 1.00. The van der Waals surface area contributed by atoms with Crippen LogP contribution in [0.25, 0.3) is 11.1 Å². The van der Waals surface area contributed by atoms with Gasteiger partial charge in [-0.3, -0.25) is 5.32 Å². The maximum absolute atomic E-state index is 12.5. The third kappa shape index (κ3) is 4.40. The molecule has 0 aromatic heterocycles. The van der Waals surface area contributed by atoms with Crippen LogP contribution < -0.4 is 5.32 Å². The lowest BCUT2D eigenvalue weighted by Crippen LogP contribution is -2.50. The van der Waals surface area contributed by atoms with Crippen LogP contribution in [0.2, 0.25) is 0 Å². The van der Waals surface area contributed by atoms with E-state index in [9.17, 15) is 9.90 Å². The quantitative estimate of drug-likeness (QED) is 0.710. The van der Waals surface area contributed by atoms with Gasteiger partial charge in [0, 0.05) is 32.2 Å². The minimum Gasteiger partial charge on any atom is -0.400 e. The van der Waals surface area contributed by atoms with Gasteiger partial charge in [-0.15, -0.1) is 0 Å². The second-order valence-corrected chi connectivity index (χ2v) is 7.33. The van der Waals surface area contributed by atoms with Crippen LogP contribution in [0.3, 0.4) is 0 Å². The molecular formula is C22H27N3O3. The number of carbonyl (C=O) groups is 1. The standard InChI is InChI=1S/C21H23N3O2.CH4O/c1-21(26)10-12-24(13-11-21)20(25)23-18-14-16-8-5-9-17(19(16)22-18)15-6-3-2-4-7-15;1-2/h2-9,26H,10-14H2,1H3,(H,22,23,25);2H,1H3. The number of fused-ring (bicyclic) bond motifs is 1. The molecule has 0 saturated carbocycles. The molecule has 6 heteroatoms. The molecule has 2 aromatic carbocycles. The molecule has 0 radical (unpaired) electrons. The molecule has 1 fully saturated rings. The Labute approximate surface area is 165 Å². The molecule has 2 aliphatic heterocycles. The maximum Gasteiger partial charge on any atom is 0.322 e. The van der Waals surface area contributed by atoms with Crippen LogP contribution in [-0.4, -0.2) is 52.8 Å². The van der Waals surface area contributed by atoms with Gasteiger partial charge in [0.1, 0.15) is 5.84 Å². The first-order valence-corrected chi connectivity index (χ1v) is 9.50. The third-order valence-electron chi connectivity index (χ3n) is 5.19. The Kier molecular flexibility index (Phi) is 6.11. The Morgan fingerprint density at radius 2 is 1.75 bits per heavy atom. The first kappa shape index (κ1) is 20.0. The van der Waals surface area contributed by atoms with Gasteiger partial charge in [-0.05, 0) is 30.9 Å². The Bertz CT molecular complexity index is 853. The molecule has 0 spiro atoms. The van der Waals surface area contributed by atoms with E-state index in [-0.39, 0.29) is 6.03 Å². The normalized spacial score (nSPS) is 17.1. The minimum absolute atomic E-state index is 0.131. The summed E-state index contributed by atoms with van der Waals surface area (Å²) in [5, 5.41) is 20.0. The van der Waals surface area contributed by atoms with Gasteiger partial charge in [0.05, 0.1) is 11.3 Å². The number of amides is 2. The van der Waals surface area contributed by atoms with Crippen molar-refractivity contribution < 1.29 is 15.0 Å². The number of nitrogens with one attached hydrogen (secondary N) is 1. The van der Waals surface area contributed by atoms with Crippen molar-refractivity contribution in [1.29, 1.82) is 0 Å².